The molecule has 7 heteroatoms. The fraction of sp³-hybridized carbons (Fsp3) is 0. The van der Waals surface area contributed by atoms with Gasteiger partial charge in [-0.3, -0.25) is 0 Å². The summed E-state index contributed by atoms with van der Waals surface area (Å²) in [5.74, 6) is -0.0841. The molecule has 0 fully saturated rings. The fourth-order valence-electron chi connectivity index (χ4n) is 1.82. The molecule has 0 aliphatic rings. The summed E-state index contributed by atoms with van der Waals surface area (Å²) in [5, 5.41) is 7.78. The Labute approximate surface area is 170 Å². The summed E-state index contributed by atoms with van der Waals surface area (Å²) in [6.45, 7) is 0. The lowest BCUT2D eigenvalue weighted by atomic mass is 10.1. The molecule has 2 rings (SSSR count). The van der Waals surface area contributed by atoms with Gasteiger partial charge in [0, 0.05) is 8.95 Å². The number of rotatable bonds is 5. The fourth-order valence-corrected chi connectivity index (χ4v) is 2.66. The van der Waals surface area contributed by atoms with E-state index in [-0.39, 0.29) is 18.4 Å². The largest absolute Gasteiger partial charge is 0.369 e. The summed E-state index contributed by atoms with van der Waals surface area (Å²) in [5.41, 5.74) is 13.4. The minimum Gasteiger partial charge on any atom is -0.369 e. The van der Waals surface area contributed by atoms with E-state index in [1.165, 1.54) is 0 Å². The van der Waals surface area contributed by atoms with E-state index in [0.717, 1.165) is 20.1 Å². The SMILES string of the molecule is Cl.NC(N)=NN=C(C=Cc1cccc(Br)c1)C=Cc1cccc(Br)c1. The maximum Gasteiger partial charge on any atom is 0.211 e. The van der Waals surface area contributed by atoms with Crippen LogP contribution in [0.4, 0.5) is 0 Å². The zero-order valence-corrected chi connectivity index (χ0v) is 17.1. The van der Waals surface area contributed by atoms with Crippen LogP contribution in [-0.2, 0) is 0 Å². The van der Waals surface area contributed by atoms with Gasteiger partial charge in [0.05, 0.1) is 5.71 Å². The van der Waals surface area contributed by atoms with Gasteiger partial charge >= 0.3 is 0 Å². The van der Waals surface area contributed by atoms with Crippen molar-refractivity contribution in [1.29, 1.82) is 0 Å². The molecule has 0 aromatic heterocycles. The van der Waals surface area contributed by atoms with Gasteiger partial charge in [-0.05, 0) is 47.5 Å². The van der Waals surface area contributed by atoms with Gasteiger partial charge in [0.1, 0.15) is 0 Å². The van der Waals surface area contributed by atoms with Gasteiger partial charge in [-0.1, -0.05) is 68.3 Å². The topological polar surface area (TPSA) is 76.8 Å². The van der Waals surface area contributed by atoms with Crippen molar-refractivity contribution < 1.29 is 0 Å². The zero-order valence-electron chi connectivity index (χ0n) is 13.1. The number of guanidine groups is 1. The van der Waals surface area contributed by atoms with Gasteiger partial charge in [-0.2, -0.15) is 0 Å². The van der Waals surface area contributed by atoms with Gasteiger partial charge in [-0.25, -0.2) is 0 Å². The van der Waals surface area contributed by atoms with Gasteiger partial charge in [0.15, 0.2) is 0 Å². The summed E-state index contributed by atoms with van der Waals surface area (Å²) >= 11 is 6.90. The molecular weight excluding hydrogens is 467 g/mol. The average Bonchev–Trinajstić information content (AvgIpc) is 2.54. The highest BCUT2D eigenvalue weighted by atomic mass is 79.9. The van der Waals surface area contributed by atoms with E-state index >= 15 is 0 Å². The van der Waals surface area contributed by atoms with Crippen molar-refractivity contribution in [1.82, 2.24) is 0 Å². The molecule has 0 amide bonds. The van der Waals surface area contributed by atoms with Crippen LogP contribution >= 0.6 is 44.3 Å². The van der Waals surface area contributed by atoms with Gasteiger partial charge < -0.3 is 11.5 Å². The van der Waals surface area contributed by atoms with Crippen molar-refractivity contribution in [3.63, 3.8) is 0 Å². The molecule has 0 aliphatic heterocycles. The Kier molecular flexibility index (Phi) is 9.20. The third-order valence-electron chi connectivity index (χ3n) is 2.87. The third-order valence-corrected chi connectivity index (χ3v) is 3.86. The maximum atomic E-state index is 5.36. The van der Waals surface area contributed by atoms with E-state index in [2.05, 4.69) is 42.1 Å². The van der Waals surface area contributed by atoms with E-state index in [9.17, 15) is 0 Å². The first-order valence-electron chi connectivity index (χ1n) is 7.07. The molecule has 0 radical (unpaired) electrons. The molecular formula is C18H17Br2ClN4. The normalized spacial score (nSPS) is 10.5. The Hall–Kier alpha value is -1.89. The number of allylic oxidation sites excluding steroid dienone is 2. The number of halogens is 3. The smallest absolute Gasteiger partial charge is 0.211 e. The molecule has 25 heavy (non-hydrogen) atoms. The molecule has 0 spiro atoms. The Bertz CT molecular complexity index is 768. The molecule has 0 bridgehead atoms. The quantitative estimate of drug-likeness (QED) is 0.356. The number of hydrogen-bond acceptors (Lipinski definition) is 2. The van der Waals surface area contributed by atoms with E-state index in [1.807, 2.05) is 72.8 Å². The molecule has 130 valence electrons. The Balaban J connectivity index is 0.00000312. The highest BCUT2D eigenvalue weighted by Gasteiger charge is 1.94. The van der Waals surface area contributed by atoms with Crippen LogP contribution in [0.2, 0.25) is 0 Å². The van der Waals surface area contributed by atoms with Crippen molar-refractivity contribution in [2.24, 2.45) is 21.7 Å². The van der Waals surface area contributed by atoms with Crippen LogP contribution in [0, 0.1) is 0 Å². The second-order valence-electron chi connectivity index (χ2n) is 4.83. The summed E-state index contributed by atoms with van der Waals surface area (Å²) < 4.78 is 2.02. The number of hydrogen-bond donors (Lipinski definition) is 2. The van der Waals surface area contributed by atoms with Crippen molar-refractivity contribution >= 4 is 68.1 Å². The predicted octanol–water partition coefficient (Wildman–Crippen LogP) is 4.99. The van der Waals surface area contributed by atoms with Crippen LogP contribution in [0.1, 0.15) is 11.1 Å². The minimum absolute atomic E-state index is 0. The van der Waals surface area contributed by atoms with Crippen LogP contribution in [0.3, 0.4) is 0 Å². The van der Waals surface area contributed by atoms with Crippen LogP contribution in [0.5, 0.6) is 0 Å². The Morgan fingerprint density at radius 2 is 1.28 bits per heavy atom. The first kappa shape index (κ1) is 21.2. The van der Waals surface area contributed by atoms with E-state index in [4.69, 9.17) is 11.5 Å². The lowest BCUT2D eigenvalue weighted by Gasteiger charge is -1.97. The molecule has 0 heterocycles. The summed E-state index contributed by atoms with van der Waals surface area (Å²) in [4.78, 5) is 0. The minimum atomic E-state index is -0.0841. The maximum absolute atomic E-state index is 5.36. The van der Waals surface area contributed by atoms with Gasteiger partial charge in [-0.15, -0.1) is 22.6 Å². The van der Waals surface area contributed by atoms with Crippen LogP contribution in [0.15, 0.2) is 79.8 Å². The monoisotopic (exact) mass is 482 g/mol. The van der Waals surface area contributed by atoms with Crippen molar-refractivity contribution in [2.45, 2.75) is 0 Å². The molecule has 0 atom stereocenters. The van der Waals surface area contributed by atoms with Crippen LogP contribution < -0.4 is 11.5 Å². The predicted molar refractivity (Wildman–Crippen MR) is 117 cm³/mol. The molecule has 0 saturated carbocycles. The molecule has 0 aliphatic carbocycles. The number of benzene rings is 2. The highest BCUT2D eigenvalue weighted by Crippen LogP contribution is 2.14. The highest BCUT2D eigenvalue weighted by molar-refractivity contribution is 9.10. The zero-order chi connectivity index (χ0) is 17.4. The van der Waals surface area contributed by atoms with E-state index in [1.54, 1.807) is 0 Å². The summed E-state index contributed by atoms with van der Waals surface area (Å²) in [7, 11) is 0. The lowest BCUT2D eigenvalue weighted by molar-refractivity contribution is 1.21. The first-order valence-corrected chi connectivity index (χ1v) is 8.65. The van der Waals surface area contributed by atoms with E-state index in [0.29, 0.717) is 5.71 Å². The molecule has 4 nitrogen and oxygen atoms in total. The lowest BCUT2D eigenvalue weighted by Crippen LogP contribution is -2.22. The number of nitrogens with two attached hydrogens (primary N) is 2. The first-order chi connectivity index (χ1) is 11.5. The third kappa shape index (κ3) is 8.16. The summed E-state index contributed by atoms with van der Waals surface area (Å²) in [6.07, 6.45) is 7.58. The van der Waals surface area contributed by atoms with Crippen molar-refractivity contribution in [2.75, 3.05) is 0 Å². The average molecular weight is 485 g/mol. The standard InChI is InChI=1S/C18H16Br2N4.ClH/c19-15-5-1-3-13(11-15)7-9-17(23-24-18(21)22)10-8-14-4-2-6-16(20)12-14;/h1-12H,(H4,21,22,24);1H. The van der Waals surface area contributed by atoms with Crippen LogP contribution in [0.25, 0.3) is 12.2 Å². The second kappa shape index (κ2) is 10.9. The molecule has 2 aromatic rings. The second-order valence-corrected chi connectivity index (χ2v) is 6.66. The molecule has 2 aromatic carbocycles. The summed E-state index contributed by atoms with van der Waals surface area (Å²) in [6, 6.07) is 15.9. The molecule has 0 unspecified atom stereocenters. The Morgan fingerprint density at radius 3 is 1.68 bits per heavy atom. The molecule has 4 N–H and O–H groups in total. The van der Waals surface area contributed by atoms with Gasteiger partial charge in [0.2, 0.25) is 5.96 Å². The number of nitrogens with zero attached hydrogens (tertiary/aromatic N) is 2. The van der Waals surface area contributed by atoms with Gasteiger partial charge in [0.25, 0.3) is 0 Å². The van der Waals surface area contributed by atoms with Crippen molar-refractivity contribution in [3.05, 3.63) is 80.8 Å². The Morgan fingerprint density at radius 1 is 0.800 bits per heavy atom. The van der Waals surface area contributed by atoms with Crippen molar-refractivity contribution in [3.8, 4) is 0 Å². The molecule has 0 saturated heterocycles. The van der Waals surface area contributed by atoms with Crippen LogP contribution in [-0.4, -0.2) is 11.7 Å². The van der Waals surface area contributed by atoms with E-state index < -0.39 is 0 Å².